The maximum absolute atomic E-state index is 5.91. The summed E-state index contributed by atoms with van der Waals surface area (Å²) >= 11 is 5.91. The molecular formula is C21H23ClN2O. The second-order valence-corrected chi connectivity index (χ2v) is 7.12. The molecule has 1 aromatic heterocycles. The standard InChI is InChI=1S/C21H23ClN2O/c1-15-3-8-18-19-9-10-23-14-21(19)24(20(18)13-15)11-2-12-25-17-6-4-16(22)5-7-17/h3-8,13,23H,2,9-12,14H2,1H3. The van der Waals surface area contributed by atoms with Gasteiger partial charge in [0.25, 0.3) is 0 Å². The van der Waals surface area contributed by atoms with E-state index in [1.807, 2.05) is 24.3 Å². The lowest BCUT2D eigenvalue weighted by Gasteiger charge is -2.17. The molecule has 0 saturated carbocycles. The van der Waals surface area contributed by atoms with Crippen molar-refractivity contribution < 1.29 is 4.74 Å². The molecule has 1 aliphatic rings. The van der Waals surface area contributed by atoms with E-state index in [4.69, 9.17) is 16.3 Å². The van der Waals surface area contributed by atoms with Gasteiger partial charge in [-0.1, -0.05) is 23.7 Å². The fraction of sp³-hybridized carbons (Fsp3) is 0.333. The fourth-order valence-electron chi connectivity index (χ4n) is 3.68. The van der Waals surface area contributed by atoms with Crippen molar-refractivity contribution in [2.75, 3.05) is 13.2 Å². The smallest absolute Gasteiger partial charge is 0.119 e. The first-order valence-corrected chi connectivity index (χ1v) is 9.30. The minimum atomic E-state index is 0.704. The molecule has 0 spiro atoms. The van der Waals surface area contributed by atoms with Gasteiger partial charge in [0.2, 0.25) is 0 Å². The number of hydrogen-bond donors (Lipinski definition) is 1. The molecule has 4 heteroatoms. The molecule has 130 valence electrons. The quantitative estimate of drug-likeness (QED) is 0.671. The van der Waals surface area contributed by atoms with Crippen LogP contribution in [0.4, 0.5) is 0 Å². The summed E-state index contributed by atoms with van der Waals surface area (Å²) in [4.78, 5) is 0. The molecule has 4 rings (SSSR count). The molecule has 0 saturated heterocycles. The Balaban J connectivity index is 1.50. The van der Waals surface area contributed by atoms with E-state index in [0.717, 1.165) is 43.2 Å². The predicted molar refractivity (Wildman–Crippen MR) is 104 cm³/mol. The van der Waals surface area contributed by atoms with Gasteiger partial charge < -0.3 is 14.6 Å². The summed E-state index contributed by atoms with van der Waals surface area (Å²) in [6.45, 7) is 5.87. The Morgan fingerprint density at radius 3 is 2.84 bits per heavy atom. The Kier molecular flexibility index (Phi) is 4.69. The molecule has 0 bridgehead atoms. The van der Waals surface area contributed by atoms with Gasteiger partial charge in [-0.3, -0.25) is 0 Å². The summed E-state index contributed by atoms with van der Waals surface area (Å²) in [5, 5.41) is 5.67. The molecule has 25 heavy (non-hydrogen) atoms. The second-order valence-electron chi connectivity index (χ2n) is 6.68. The normalized spacial score (nSPS) is 13.8. The average molecular weight is 355 g/mol. The Labute approximate surface area is 153 Å². The SMILES string of the molecule is Cc1ccc2c3c(n(CCCOc4ccc(Cl)cc4)c2c1)CNCC3. The van der Waals surface area contributed by atoms with Crippen molar-refractivity contribution in [1.29, 1.82) is 0 Å². The summed E-state index contributed by atoms with van der Waals surface area (Å²) in [5.41, 5.74) is 5.64. The van der Waals surface area contributed by atoms with Gasteiger partial charge in [0.15, 0.2) is 0 Å². The van der Waals surface area contributed by atoms with Gasteiger partial charge in [-0.15, -0.1) is 0 Å². The molecule has 0 unspecified atom stereocenters. The Bertz CT molecular complexity index is 883. The Morgan fingerprint density at radius 1 is 1.16 bits per heavy atom. The van der Waals surface area contributed by atoms with Gasteiger partial charge in [0.1, 0.15) is 5.75 Å². The summed E-state index contributed by atoms with van der Waals surface area (Å²) in [7, 11) is 0. The maximum Gasteiger partial charge on any atom is 0.119 e. The van der Waals surface area contributed by atoms with Crippen LogP contribution in [0, 0.1) is 6.92 Å². The monoisotopic (exact) mass is 354 g/mol. The largest absolute Gasteiger partial charge is 0.494 e. The average Bonchev–Trinajstić information content (AvgIpc) is 2.93. The second kappa shape index (κ2) is 7.11. The van der Waals surface area contributed by atoms with Gasteiger partial charge in [0.05, 0.1) is 6.61 Å². The molecule has 3 nitrogen and oxygen atoms in total. The van der Waals surface area contributed by atoms with Crippen LogP contribution in [0.1, 0.15) is 23.2 Å². The number of rotatable bonds is 5. The van der Waals surface area contributed by atoms with E-state index in [1.165, 1.54) is 27.7 Å². The fourth-order valence-corrected chi connectivity index (χ4v) is 3.81. The molecular weight excluding hydrogens is 332 g/mol. The molecule has 2 heterocycles. The van der Waals surface area contributed by atoms with Gasteiger partial charge >= 0.3 is 0 Å². The highest BCUT2D eigenvalue weighted by molar-refractivity contribution is 6.30. The van der Waals surface area contributed by atoms with E-state index in [9.17, 15) is 0 Å². The molecule has 1 aliphatic heterocycles. The number of hydrogen-bond acceptors (Lipinski definition) is 2. The van der Waals surface area contributed by atoms with Crippen LogP contribution in [0.3, 0.4) is 0 Å². The maximum atomic E-state index is 5.91. The predicted octanol–water partition coefficient (Wildman–Crippen LogP) is 4.72. The van der Waals surface area contributed by atoms with E-state index in [-0.39, 0.29) is 0 Å². The minimum Gasteiger partial charge on any atom is -0.494 e. The topological polar surface area (TPSA) is 26.2 Å². The zero-order valence-corrected chi connectivity index (χ0v) is 15.3. The van der Waals surface area contributed by atoms with Crippen molar-refractivity contribution in [2.45, 2.75) is 32.9 Å². The lowest BCUT2D eigenvalue weighted by Crippen LogP contribution is -2.25. The van der Waals surface area contributed by atoms with Crippen LogP contribution in [0.5, 0.6) is 5.75 Å². The third kappa shape index (κ3) is 3.39. The molecule has 0 radical (unpaired) electrons. The zero-order chi connectivity index (χ0) is 17.2. The van der Waals surface area contributed by atoms with Crippen LogP contribution < -0.4 is 10.1 Å². The van der Waals surface area contributed by atoms with E-state index >= 15 is 0 Å². The van der Waals surface area contributed by atoms with Crippen LogP contribution in [0.25, 0.3) is 10.9 Å². The summed E-state index contributed by atoms with van der Waals surface area (Å²) < 4.78 is 8.33. The zero-order valence-electron chi connectivity index (χ0n) is 14.5. The van der Waals surface area contributed by atoms with Crippen molar-refractivity contribution >= 4 is 22.5 Å². The first kappa shape index (κ1) is 16.5. The highest BCUT2D eigenvalue weighted by atomic mass is 35.5. The molecule has 0 amide bonds. The van der Waals surface area contributed by atoms with Gasteiger partial charge in [-0.05, 0) is 67.8 Å². The molecule has 3 aromatic rings. The first-order valence-electron chi connectivity index (χ1n) is 8.92. The van der Waals surface area contributed by atoms with E-state index in [1.54, 1.807) is 0 Å². The van der Waals surface area contributed by atoms with Gasteiger partial charge in [-0.2, -0.15) is 0 Å². The van der Waals surface area contributed by atoms with Gasteiger partial charge in [0, 0.05) is 34.7 Å². The van der Waals surface area contributed by atoms with Crippen molar-refractivity contribution in [3.05, 3.63) is 64.3 Å². The highest BCUT2D eigenvalue weighted by Gasteiger charge is 2.19. The lowest BCUT2D eigenvalue weighted by molar-refractivity contribution is 0.301. The van der Waals surface area contributed by atoms with Crippen LogP contribution in [-0.2, 0) is 19.5 Å². The number of aryl methyl sites for hydroxylation is 2. The van der Waals surface area contributed by atoms with Crippen LogP contribution in [0.2, 0.25) is 5.02 Å². The minimum absolute atomic E-state index is 0.704. The van der Waals surface area contributed by atoms with Crippen molar-refractivity contribution in [1.82, 2.24) is 9.88 Å². The van der Waals surface area contributed by atoms with Crippen molar-refractivity contribution in [3.63, 3.8) is 0 Å². The summed E-state index contributed by atoms with van der Waals surface area (Å²) in [5.74, 6) is 0.876. The number of fused-ring (bicyclic) bond motifs is 3. The first-order chi connectivity index (χ1) is 12.2. The van der Waals surface area contributed by atoms with E-state index in [0.29, 0.717) is 6.61 Å². The Hall–Kier alpha value is -1.97. The molecule has 1 N–H and O–H groups in total. The summed E-state index contributed by atoms with van der Waals surface area (Å²) in [6.07, 6.45) is 2.09. The number of benzene rings is 2. The van der Waals surface area contributed by atoms with Crippen molar-refractivity contribution in [3.8, 4) is 5.75 Å². The molecule has 2 aromatic carbocycles. The molecule has 0 atom stereocenters. The third-order valence-corrected chi connectivity index (χ3v) is 5.15. The third-order valence-electron chi connectivity index (χ3n) is 4.90. The van der Waals surface area contributed by atoms with Crippen molar-refractivity contribution in [2.24, 2.45) is 0 Å². The highest BCUT2D eigenvalue weighted by Crippen LogP contribution is 2.29. The Morgan fingerprint density at radius 2 is 2.00 bits per heavy atom. The lowest BCUT2D eigenvalue weighted by atomic mass is 10.0. The number of nitrogens with one attached hydrogen (secondary N) is 1. The van der Waals surface area contributed by atoms with Crippen LogP contribution in [-0.4, -0.2) is 17.7 Å². The van der Waals surface area contributed by atoms with Crippen LogP contribution in [0.15, 0.2) is 42.5 Å². The molecule has 0 aliphatic carbocycles. The number of halogens is 1. The number of nitrogens with zero attached hydrogens (tertiary/aromatic N) is 1. The summed E-state index contributed by atoms with van der Waals surface area (Å²) in [6, 6.07) is 14.4. The van der Waals surface area contributed by atoms with E-state index < -0.39 is 0 Å². The number of aromatic nitrogens is 1. The van der Waals surface area contributed by atoms with E-state index in [2.05, 4.69) is 35.0 Å². The number of ether oxygens (including phenoxy) is 1. The molecule has 0 fully saturated rings. The van der Waals surface area contributed by atoms with Gasteiger partial charge in [-0.25, -0.2) is 0 Å². The van der Waals surface area contributed by atoms with Crippen LogP contribution >= 0.6 is 11.6 Å².